The molecule has 0 atom stereocenters. The molecule has 0 saturated carbocycles. The van der Waals surface area contributed by atoms with Crippen LogP contribution < -0.4 is 24.5 Å². The van der Waals surface area contributed by atoms with E-state index in [1.807, 2.05) is 6.07 Å². The number of rotatable bonds is 11. The van der Waals surface area contributed by atoms with Gasteiger partial charge in [-0.2, -0.15) is 5.10 Å². The minimum atomic E-state index is -4.19. The molecule has 0 saturated heterocycles. The Balaban J connectivity index is 1.56. The zero-order valence-electron chi connectivity index (χ0n) is 23.3. The third-order valence-electron chi connectivity index (χ3n) is 6.20. The van der Waals surface area contributed by atoms with Crippen molar-refractivity contribution in [3.05, 3.63) is 114 Å². The van der Waals surface area contributed by atoms with Crippen LogP contribution in [0.15, 0.2) is 113 Å². The fourth-order valence-electron chi connectivity index (χ4n) is 4.00. The summed E-state index contributed by atoms with van der Waals surface area (Å²) in [6, 6.07) is 28.2. The number of hydrazone groups is 1. The Bertz CT molecular complexity index is 1690. The van der Waals surface area contributed by atoms with Crippen LogP contribution in [0.25, 0.3) is 0 Å². The second-order valence-electron chi connectivity index (χ2n) is 9.00. The molecule has 0 bridgehead atoms. The molecule has 0 aliphatic heterocycles. The van der Waals surface area contributed by atoms with Crippen LogP contribution in [-0.2, 0) is 14.8 Å². The van der Waals surface area contributed by atoms with E-state index in [1.165, 1.54) is 32.4 Å². The summed E-state index contributed by atoms with van der Waals surface area (Å²) in [6.07, 6.45) is 0. The van der Waals surface area contributed by atoms with Gasteiger partial charge in [-0.25, -0.2) is 13.8 Å². The van der Waals surface area contributed by atoms with Crippen molar-refractivity contribution in [2.45, 2.75) is 11.8 Å². The Morgan fingerprint density at radius 1 is 0.810 bits per heavy atom. The topological polar surface area (TPSA) is 126 Å². The quantitative estimate of drug-likeness (QED) is 0.194. The van der Waals surface area contributed by atoms with Crippen molar-refractivity contribution in [2.75, 3.05) is 30.4 Å². The molecule has 0 radical (unpaired) electrons. The molecule has 11 heteroatoms. The first kappa shape index (κ1) is 29.8. The lowest BCUT2D eigenvalue weighted by atomic mass is 10.1. The number of hydrogen-bond donors (Lipinski definition) is 2. The molecular weight excluding hydrogens is 556 g/mol. The molecule has 0 heterocycles. The maximum absolute atomic E-state index is 13.7. The normalized spacial score (nSPS) is 11.4. The van der Waals surface area contributed by atoms with Gasteiger partial charge in [0, 0.05) is 17.3 Å². The van der Waals surface area contributed by atoms with Crippen LogP contribution in [0.4, 0.5) is 11.4 Å². The van der Waals surface area contributed by atoms with Crippen molar-refractivity contribution in [2.24, 2.45) is 5.10 Å². The fourth-order valence-corrected chi connectivity index (χ4v) is 5.45. The number of nitrogens with one attached hydrogen (secondary N) is 2. The summed E-state index contributed by atoms with van der Waals surface area (Å²) in [4.78, 5) is 25.6. The molecule has 4 aromatic carbocycles. The van der Waals surface area contributed by atoms with E-state index in [-0.39, 0.29) is 22.2 Å². The van der Waals surface area contributed by atoms with Gasteiger partial charge in [0.05, 0.1) is 30.5 Å². The lowest BCUT2D eigenvalue weighted by Crippen LogP contribution is -2.40. The SMILES string of the molecule is COc1ccc(OC)c(N(CC(=O)N/N=C(/C)c2cccc(NC(=O)c3ccccc3)c2)S(=O)(=O)c2ccccc2)c1. The van der Waals surface area contributed by atoms with E-state index in [0.717, 1.165) is 4.31 Å². The number of ether oxygens (including phenoxy) is 2. The highest BCUT2D eigenvalue weighted by Gasteiger charge is 2.30. The summed E-state index contributed by atoms with van der Waals surface area (Å²) in [5, 5.41) is 7.02. The van der Waals surface area contributed by atoms with Gasteiger partial charge in [-0.05, 0) is 61.0 Å². The monoisotopic (exact) mass is 586 g/mol. The van der Waals surface area contributed by atoms with Gasteiger partial charge in [-0.1, -0.05) is 48.5 Å². The highest BCUT2D eigenvalue weighted by Crippen LogP contribution is 2.35. The van der Waals surface area contributed by atoms with Gasteiger partial charge < -0.3 is 14.8 Å². The molecule has 2 N–H and O–H groups in total. The van der Waals surface area contributed by atoms with Gasteiger partial charge in [0.15, 0.2) is 0 Å². The number of benzene rings is 4. The molecule has 0 unspecified atom stereocenters. The number of amides is 2. The first-order chi connectivity index (χ1) is 20.2. The molecule has 4 rings (SSSR count). The van der Waals surface area contributed by atoms with E-state index in [9.17, 15) is 18.0 Å². The second-order valence-corrected chi connectivity index (χ2v) is 10.9. The summed E-state index contributed by atoms with van der Waals surface area (Å²) in [5.74, 6) is -0.333. The van der Waals surface area contributed by atoms with Gasteiger partial charge in [-0.15, -0.1) is 0 Å². The predicted molar refractivity (Wildman–Crippen MR) is 162 cm³/mol. The maximum Gasteiger partial charge on any atom is 0.264 e. The Kier molecular flexibility index (Phi) is 9.56. The first-order valence-corrected chi connectivity index (χ1v) is 14.3. The zero-order chi connectivity index (χ0) is 30.1. The number of carbonyl (C=O) groups excluding carboxylic acids is 2. The Morgan fingerprint density at radius 2 is 1.48 bits per heavy atom. The van der Waals surface area contributed by atoms with E-state index in [2.05, 4.69) is 15.8 Å². The van der Waals surface area contributed by atoms with Crippen molar-refractivity contribution in [1.29, 1.82) is 0 Å². The van der Waals surface area contributed by atoms with Crippen LogP contribution in [-0.4, -0.2) is 46.7 Å². The van der Waals surface area contributed by atoms with E-state index >= 15 is 0 Å². The number of hydrogen-bond acceptors (Lipinski definition) is 7. The van der Waals surface area contributed by atoms with Gasteiger partial charge in [0.2, 0.25) is 0 Å². The summed E-state index contributed by atoms with van der Waals surface area (Å²) in [6.45, 7) is 1.09. The number of carbonyl (C=O) groups is 2. The van der Waals surface area contributed by atoms with Crippen LogP contribution >= 0.6 is 0 Å². The minimum absolute atomic E-state index is 0.00304. The fraction of sp³-hybridized carbons (Fsp3) is 0.129. The predicted octanol–water partition coefficient (Wildman–Crippen LogP) is 4.69. The molecule has 216 valence electrons. The van der Waals surface area contributed by atoms with Gasteiger partial charge in [0.25, 0.3) is 21.8 Å². The Morgan fingerprint density at radius 3 is 2.14 bits per heavy atom. The van der Waals surface area contributed by atoms with E-state index in [1.54, 1.807) is 85.8 Å². The summed E-state index contributed by atoms with van der Waals surface area (Å²) < 4.78 is 39.1. The molecule has 0 spiro atoms. The van der Waals surface area contributed by atoms with Crippen LogP contribution in [0.3, 0.4) is 0 Å². The van der Waals surface area contributed by atoms with Crippen LogP contribution in [0, 0.1) is 0 Å². The largest absolute Gasteiger partial charge is 0.497 e. The van der Waals surface area contributed by atoms with E-state index in [0.29, 0.717) is 28.3 Å². The van der Waals surface area contributed by atoms with Crippen LogP contribution in [0.1, 0.15) is 22.8 Å². The molecule has 42 heavy (non-hydrogen) atoms. The van der Waals surface area contributed by atoms with Gasteiger partial charge in [-0.3, -0.25) is 13.9 Å². The maximum atomic E-state index is 13.7. The third-order valence-corrected chi connectivity index (χ3v) is 7.97. The Hall–Kier alpha value is -5.16. The van der Waals surface area contributed by atoms with Crippen molar-refractivity contribution in [3.8, 4) is 11.5 Å². The highest BCUT2D eigenvalue weighted by molar-refractivity contribution is 7.92. The average molecular weight is 587 g/mol. The van der Waals surface area contributed by atoms with Crippen molar-refractivity contribution >= 4 is 38.9 Å². The summed E-state index contributed by atoms with van der Waals surface area (Å²) >= 11 is 0. The smallest absolute Gasteiger partial charge is 0.264 e. The minimum Gasteiger partial charge on any atom is -0.497 e. The second kappa shape index (κ2) is 13.5. The highest BCUT2D eigenvalue weighted by atomic mass is 32.2. The van der Waals surface area contributed by atoms with E-state index in [4.69, 9.17) is 9.47 Å². The van der Waals surface area contributed by atoms with Crippen molar-refractivity contribution in [3.63, 3.8) is 0 Å². The van der Waals surface area contributed by atoms with Crippen LogP contribution in [0.2, 0.25) is 0 Å². The summed E-state index contributed by atoms with van der Waals surface area (Å²) in [5.41, 5.74) is 4.71. The third kappa shape index (κ3) is 7.12. The molecule has 0 aromatic heterocycles. The molecule has 4 aromatic rings. The lowest BCUT2D eigenvalue weighted by molar-refractivity contribution is -0.119. The molecule has 0 aliphatic carbocycles. The van der Waals surface area contributed by atoms with Gasteiger partial charge >= 0.3 is 0 Å². The number of anilines is 2. The standard InChI is InChI=1S/C31H30N4O6S/c1-22(24-13-10-14-25(19-24)32-31(37)23-11-6-4-7-12-23)33-34-30(36)21-35(42(38,39)27-15-8-5-9-16-27)28-20-26(40-2)17-18-29(28)41-3/h4-20H,21H2,1-3H3,(H,32,37)(H,34,36)/b33-22-. The lowest BCUT2D eigenvalue weighted by Gasteiger charge is -2.25. The van der Waals surface area contributed by atoms with E-state index < -0.39 is 22.5 Å². The molecule has 0 fully saturated rings. The number of sulfonamides is 1. The molecule has 0 aliphatic rings. The number of nitrogens with zero attached hydrogens (tertiary/aromatic N) is 2. The average Bonchev–Trinajstić information content (AvgIpc) is 3.03. The number of methoxy groups -OCH3 is 2. The van der Waals surface area contributed by atoms with Crippen LogP contribution in [0.5, 0.6) is 11.5 Å². The molecular formula is C31H30N4O6S. The van der Waals surface area contributed by atoms with Crippen molar-refractivity contribution in [1.82, 2.24) is 5.43 Å². The molecule has 10 nitrogen and oxygen atoms in total. The van der Waals surface area contributed by atoms with Gasteiger partial charge in [0.1, 0.15) is 18.0 Å². The first-order valence-electron chi connectivity index (χ1n) is 12.8. The zero-order valence-corrected chi connectivity index (χ0v) is 24.1. The molecule has 2 amide bonds. The summed E-state index contributed by atoms with van der Waals surface area (Å²) in [7, 11) is -1.33. The van der Waals surface area contributed by atoms with Crippen molar-refractivity contribution < 1.29 is 27.5 Å². The Labute approximate surface area is 244 Å².